The van der Waals surface area contributed by atoms with Crippen LogP contribution >= 0.6 is 0 Å². The molecular formula is C56H59N11O6. The number of nitrogens with one attached hydrogen (secondary N) is 3. The van der Waals surface area contributed by atoms with Crippen LogP contribution in [0.4, 0.5) is 0 Å². The average molecular weight is 982 g/mol. The molecule has 0 aliphatic heterocycles. The maximum atomic E-state index is 14.0. The molecule has 73 heavy (non-hydrogen) atoms. The summed E-state index contributed by atoms with van der Waals surface area (Å²) in [5.41, 5.74) is 5.64. The normalized spacial score (nSPS) is 15.2. The summed E-state index contributed by atoms with van der Waals surface area (Å²) in [6, 6.07) is 47.1. The number of hydrogen-bond acceptors (Lipinski definition) is 12. The smallest absolute Gasteiger partial charge is 0.307 e. The molecule has 2 fully saturated rings. The summed E-state index contributed by atoms with van der Waals surface area (Å²) in [7, 11) is 0. The van der Waals surface area contributed by atoms with Gasteiger partial charge < -0.3 is 20.5 Å². The third kappa shape index (κ3) is 13.5. The standard InChI is InChI=1S/C33H34N6O3.C23H25N5O3/c34-20-9-21-39-31(36-37-38-39)29(22-25-14-16-28(17-15-25)27-12-5-2-6-13-27)35-32(41)33(18-7-8-19-33)23-30(40)42-24-26-10-3-1-4-11-26;29-20(30)15-23(12-4-5-13-23)22(31)24-19(21-25-27-28-26-21)14-16-8-10-18(11-9-16)17-6-2-1-3-7-17/h1-6,10-17,29H,7-9,18-19,21-24H2,(H,35,41);1-3,6-11,19H,4-5,12-15H2,(H,24,31)(H,29,30)(H,25,26,27,28)/t29-;19-/m00/s1. The van der Waals surface area contributed by atoms with Gasteiger partial charge in [-0.1, -0.05) is 170 Å². The molecule has 17 heteroatoms. The van der Waals surface area contributed by atoms with E-state index in [0.29, 0.717) is 56.7 Å². The van der Waals surface area contributed by atoms with Gasteiger partial charge >= 0.3 is 11.9 Å². The van der Waals surface area contributed by atoms with E-state index in [1.807, 2.05) is 103 Å². The molecule has 2 amide bonds. The fraction of sp³-hybridized carbons (Fsp3) is 0.339. The molecule has 4 N–H and O–H groups in total. The first-order valence-corrected chi connectivity index (χ1v) is 24.8. The number of tetrazole rings is 2. The van der Waals surface area contributed by atoms with Gasteiger partial charge in [-0.3, -0.25) is 19.2 Å². The largest absolute Gasteiger partial charge is 0.481 e. The maximum Gasteiger partial charge on any atom is 0.307 e. The van der Waals surface area contributed by atoms with Crippen molar-refractivity contribution in [2.45, 2.75) is 109 Å². The molecule has 0 saturated heterocycles. The summed E-state index contributed by atoms with van der Waals surface area (Å²) in [5, 5.41) is 51.0. The SMILES string of the molecule is N#CCCn1nnnc1[C@H](Cc1ccc(-c2ccccc2)cc1)NC(=O)C1(CC(=O)OCc2ccccc2)CCCC1.O=C(O)CC1(C(=O)N[C@@H](Cc2ccc(-c3ccccc3)cc2)c2nn[nH]n2)CCCC1. The van der Waals surface area contributed by atoms with E-state index in [4.69, 9.17) is 10.00 Å². The van der Waals surface area contributed by atoms with Crippen LogP contribution in [0.1, 0.15) is 111 Å². The number of carbonyl (C=O) groups excluding carboxylic acids is 3. The second-order valence-electron chi connectivity index (χ2n) is 18.9. The van der Waals surface area contributed by atoms with Crippen LogP contribution < -0.4 is 10.6 Å². The molecule has 0 bridgehead atoms. The van der Waals surface area contributed by atoms with Crippen LogP contribution in [0.5, 0.6) is 0 Å². The molecule has 2 atom stereocenters. The van der Waals surface area contributed by atoms with Gasteiger partial charge in [0.25, 0.3) is 0 Å². The van der Waals surface area contributed by atoms with Crippen molar-refractivity contribution < 1.29 is 29.0 Å². The molecule has 17 nitrogen and oxygen atoms in total. The van der Waals surface area contributed by atoms with Crippen LogP contribution in [0.3, 0.4) is 0 Å². The van der Waals surface area contributed by atoms with Gasteiger partial charge in [-0.25, -0.2) is 4.68 Å². The minimum atomic E-state index is -0.954. The van der Waals surface area contributed by atoms with Crippen LogP contribution in [0.15, 0.2) is 140 Å². The summed E-state index contributed by atoms with van der Waals surface area (Å²) in [4.78, 5) is 51.5. The fourth-order valence-electron chi connectivity index (χ4n) is 9.96. The van der Waals surface area contributed by atoms with Crippen molar-refractivity contribution in [1.29, 1.82) is 5.26 Å². The summed E-state index contributed by atoms with van der Waals surface area (Å²) < 4.78 is 7.13. The summed E-state index contributed by atoms with van der Waals surface area (Å²) in [5.74, 6) is -0.928. The van der Waals surface area contributed by atoms with E-state index >= 15 is 0 Å². The number of aryl methyl sites for hydroxylation is 1. The van der Waals surface area contributed by atoms with Crippen LogP contribution in [0.2, 0.25) is 0 Å². The van der Waals surface area contributed by atoms with Crippen LogP contribution in [0, 0.1) is 22.2 Å². The predicted molar refractivity (Wildman–Crippen MR) is 270 cm³/mol. The molecule has 2 heterocycles. The van der Waals surface area contributed by atoms with Crippen LogP contribution in [-0.2, 0) is 49.9 Å². The number of aromatic nitrogens is 8. The fourth-order valence-corrected chi connectivity index (χ4v) is 9.96. The molecule has 0 radical (unpaired) electrons. The number of benzene rings is 5. The lowest BCUT2D eigenvalue weighted by Crippen LogP contribution is -2.43. The summed E-state index contributed by atoms with van der Waals surface area (Å²) in [6.07, 6.45) is 6.83. The van der Waals surface area contributed by atoms with Gasteiger partial charge in [-0.2, -0.15) is 10.5 Å². The zero-order valence-corrected chi connectivity index (χ0v) is 40.6. The Morgan fingerprint density at radius 2 is 1.14 bits per heavy atom. The predicted octanol–water partition coefficient (Wildman–Crippen LogP) is 8.65. The van der Waals surface area contributed by atoms with E-state index in [1.165, 1.54) is 0 Å². The zero-order valence-electron chi connectivity index (χ0n) is 40.6. The quantitative estimate of drug-likeness (QED) is 0.0523. The van der Waals surface area contributed by atoms with Gasteiger partial charge in [0, 0.05) is 12.8 Å². The van der Waals surface area contributed by atoms with Crippen molar-refractivity contribution in [2.24, 2.45) is 10.8 Å². The first-order valence-electron chi connectivity index (χ1n) is 24.8. The number of aromatic amines is 1. The van der Waals surface area contributed by atoms with Crippen molar-refractivity contribution in [3.8, 4) is 28.3 Å². The molecule has 0 spiro atoms. The molecule has 2 saturated carbocycles. The van der Waals surface area contributed by atoms with E-state index in [0.717, 1.165) is 64.6 Å². The minimum Gasteiger partial charge on any atom is -0.481 e. The highest BCUT2D eigenvalue weighted by atomic mass is 16.5. The van der Waals surface area contributed by atoms with Crippen molar-refractivity contribution in [2.75, 3.05) is 0 Å². The summed E-state index contributed by atoms with van der Waals surface area (Å²) >= 11 is 0. The summed E-state index contributed by atoms with van der Waals surface area (Å²) in [6.45, 7) is 0.488. The van der Waals surface area contributed by atoms with Crippen molar-refractivity contribution in [3.05, 3.63) is 168 Å². The third-order valence-corrected chi connectivity index (χ3v) is 13.9. The number of hydrogen-bond donors (Lipinski definition) is 4. The molecule has 2 aliphatic carbocycles. The Balaban J connectivity index is 0.000000204. The minimum absolute atomic E-state index is 0.0174. The number of carboxylic acid groups (broad SMARTS) is 1. The number of carboxylic acids is 1. The topological polar surface area (TPSA) is 244 Å². The number of rotatable bonds is 20. The Morgan fingerprint density at radius 3 is 1.64 bits per heavy atom. The van der Waals surface area contributed by atoms with Gasteiger partial charge in [0.05, 0.1) is 54.8 Å². The number of nitrogens with zero attached hydrogens (tertiary/aromatic N) is 8. The van der Waals surface area contributed by atoms with Gasteiger partial charge in [0.15, 0.2) is 11.6 Å². The van der Waals surface area contributed by atoms with E-state index in [2.05, 4.69) is 89.3 Å². The molecule has 0 unspecified atom stereocenters. The lowest BCUT2D eigenvalue weighted by atomic mass is 9.81. The molecule has 2 aromatic heterocycles. The van der Waals surface area contributed by atoms with Crippen LogP contribution in [-0.4, -0.2) is 69.7 Å². The first-order chi connectivity index (χ1) is 35.6. The van der Waals surface area contributed by atoms with Gasteiger partial charge in [0.1, 0.15) is 6.61 Å². The average Bonchev–Trinajstić information content (AvgIpc) is 4.29. The monoisotopic (exact) mass is 981 g/mol. The van der Waals surface area contributed by atoms with E-state index in [-0.39, 0.29) is 43.7 Å². The second kappa shape index (κ2) is 24.6. The number of nitriles is 1. The maximum absolute atomic E-state index is 14.0. The molecule has 7 aromatic rings. The Bertz CT molecular complexity index is 2910. The highest BCUT2D eigenvalue weighted by molar-refractivity contribution is 5.88. The second-order valence-corrected chi connectivity index (χ2v) is 18.9. The Hall–Kier alpha value is -8.39. The van der Waals surface area contributed by atoms with Crippen molar-refractivity contribution in [1.82, 2.24) is 51.5 Å². The lowest BCUT2D eigenvalue weighted by molar-refractivity contribution is -0.151. The number of amides is 2. The van der Waals surface area contributed by atoms with Crippen LogP contribution in [0.25, 0.3) is 22.3 Å². The Labute approximate surface area is 423 Å². The molecule has 5 aromatic carbocycles. The molecule has 2 aliphatic rings. The van der Waals surface area contributed by atoms with Gasteiger partial charge in [-0.05, 0) is 75.1 Å². The molecular weight excluding hydrogens is 923 g/mol. The third-order valence-electron chi connectivity index (χ3n) is 13.9. The first kappa shape index (κ1) is 51.0. The molecule has 9 rings (SSSR count). The van der Waals surface area contributed by atoms with E-state index < -0.39 is 28.9 Å². The number of ether oxygens (including phenoxy) is 1. The Morgan fingerprint density at radius 1 is 0.644 bits per heavy atom. The lowest BCUT2D eigenvalue weighted by Gasteiger charge is -2.29. The van der Waals surface area contributed by atoms with Crippen molar-refractivity contribution in [3.63, 3.8) is 0 Å². The highest BCUT2D eigenvalue weighted by Gasteiger charge is 2.45. The van der Waals surface area contributed by atoms with E-state index in [1.54, 1.807) is 4.68 Å². The highest BCUT2D eigenvalue weighted by Crippen LogP contribution is 2.43. The van der Waals surface area contributed by atoms with E-state index in [9.17, 15) is 24.3 Å². The van der Waals surface area contributed by atoms with Gasteiger partial charge in [0.2, 0.25) is 11.8 Å². The number of esters is 1. The molecule has 374 valence electrons. The number of carbonyl (C=O) groups is 4. The van der Waals surface area contributed by atoms with Crippen molar-refractivity contribution >= 4 is 23.8 Å². The zero-order chi connectivity index (χ0) is 50.9. The Kier molecular flexibility index (Phi) is 17.2. The van der Waals surface area contributed by atoms with Gasteiger partial charge in [-0.15, -0.1) is 15.3 Å². The number of aliphatic carboxylic acids is 1. The number of H-pyrrole nitrogens is 1.